The van der Waals surface area contributed by atoms with Gasteiger partial charge in [0.05, 0.1) is 6.67 Å². The smallest absolute Gasteiger partial charge is 0.456 e. The number of benzene rings is 2. The van der Waals surface area contributed by atoms with Crippen LogP contribution in [0.5, 0.6) is 5.75 Å². The van der Waals surface area contributed by atoms with Crippen molar-refractivity contribution in [2.45, 2.75) is 68.8 Å². The average Bonchev–Trinajstić information content (AvgIpc) is 2.82. The Labute approximate surface area is 203 Å². The van der Waals surface area contributed by atoms with E-state index >= 15 is 0 Å². The average molecular weight is 521 g/mol. The van der Waals surface area contributed by atoms with Crippen LogP contribution in [0.2, 0.25) is 18.1 Å². The highest BCUT2D eigenvalue weighted by atomic mass is 28.3. The summed E-state index contributed by atoms with van der Waals surface area (Å²) in [5, 5.41) is 0. The van der Waals surface area contributed by atoms with Crippen molar-refractivity contribution in [3.8, 4) is 16.9 Å². The van der Waals surface area contributed by atoms with Crippen LogP contribution in [0.25, 0.3) is 11.1 Å². The number of rotatable bonds is 11. The van der Waals surface area contributed by atoms with Gasteiger partial charge >= 0.3 is 12.1 Å². The van der Waals surface area contributed by atoms with Crippen molar-refractivity contribution in [1.82, 2.24) is 0 Å². The van der Waals surface area contributed by atoms with Crippen molar-refractivity contribution in [3.05, 3.63) is 53.8 Å². The molecule has 0 amide bonds. The number of hydrogen-bond donors (Lipinski definition) is 0. The van der Waals surface area contributed by atoms with E-state index in [0.717, 1.165) is 37.3 Å². The highest BCUT2D eigenvalue weighted by Crippen LogP contribution is 2.36. The lowest BCUT2D eigenvalue weighted by Gasteiger charge is -2.27. The molecule has 1 aliphatic heterocycles. The van der Waals surface area contributed by atoms with E-state index in [9.17, 15) is 30.7 Å². The summed E-state index contributed by atoms with van der Waals surface area (Å²) in [6.45, 7) is -2.19. The van der Waals surface area contributed by atoms with E-state index in [1.807, 2.05) is 24.3 Å². The topological polar surface area (TPSA) is 9.23 Å². The van der Waals surface area contributed by atoms with Crippen molar-refractivity contribution < 1.29 is 35.5 Å². The molecule has 0 saturated carbocycles. The molecule has 1 aliphatic rings. The molecule has 1 saturated heterocycles. The molecular weight excluding hydrogens is 489 g/mol. The number of unbranched alkanes of at least 4 members (excludes halogenated alkanes) is 1. The third kappa shape index (κ3) is 7.98. The van der Waals surface area contributed by atoms with E-state index in [-0.39, 0.29) is 6.67 Å². The lowest BCUT2D eigenvalue weighted by atomic mass is 9.93. The van der Waals surface area contributed by atoms with Gasteiger partial charge < -0.3 is 4.74 Å². The van der Waals surface area contributed by atoms with E-state index in [2.05, 4.69) is 4.74 Å². The van der Waals surface area contributed by atoms with Crippen LogP contribution < -0.4 is 4.74 Å². The van der Waals surface area contributed by atoms with Crippen LogP contribution in [0.1, 0.15) is 37.7 Å². The van der Waals surface area contributed by atoms with Gasteiger partial charge in [-0.25, -0.2) is 4.39 Å². The maximum Gasteiger partial charge on any atom is 0.456 e. The Morgan fingerprint density at radius 2 is 1.54 bits per heavy atom. The van der Waals surface area contributed by atoms with Gasteiger partial charge in [0.1, 0.15) is 0 Å². The molecule has 0 radical (unpaired) electrons. The molecule has 1 fully saturated rings. The SMILES string of the molecule is FCCCC[Si@H]1CC[C@H](CCc2ccc(-c3ccc(OCC(F)(F)C(F)(F)F)c(F)c3)cc2)CC1. The van der Waals surface area contributed by atoms with E-state index in [1.54, 1.807) is 0 Å². The number of ether oxygens (including phenoxy) is 1. The Morgan fingerprint density at radius 3 is 2.14 bits per heavy atom. The third-order valence-electron chi connectivity index (χ3n) is 6.85. The number of alkyl halides is 6. The predicted octanol–water partition coefficient (Wildman–Crippen LogP) is 8.39. The first kappa shape index (κ1) is 27.6. The van der Waals surface area contributed by atoms with Gasteiger partial charge in [-0.1, -0.05) is 67.7 Å². The van der Waals surface area contributed by atoms with Gasteiger partial charge in [-0.15, -0.1) is 0 Å². The van der Waals surface area contributed by atoms with Crippen LogP contribution in [-0.2, 0) is 6.42 Å². The predicted molar refractivity (Wildman–Crippen MR) is 126 cm³/mol. The molecular formula is C26H31F7OSi. The molecule has 0 unspecified atom stereocenters. The fraction of sp³-hybridized carbons (Fsp3) is 0.538. The van der Waals surface area contributed by atoms with Crippen molar-refractivity contribution in [2.75, 3.05) is 13.3 Å². The third-order valence-corrected chi connectivity index (χ3v) is 10.4. The lowest BCUT2D eigenvalue weighted by molar-refractivity contribution is -0.290. The van der Waals surface area contributed by atoms with Crippen LogP contribution in [0, 0.1) is 11.7 Å². The Bertz CT molecular complexity index is 922. The second kappa shape index (κ2) is 12.3. The first-order chi connectivity index (χ1) is 16.6. The van der Waals surface area contributed by atoms with Gasteiger partial charge in [0, 0.05) is 8.80 Å². The Hall–Kier alpha value is -2.03. The summed E-state index contributed by atoms with van der Waals surface area (Å²) in [4.78, 5) is 0. The minimum atomic E-state index is -5.76. The molecule has 35 heavy (non-hydrogen) atoms. The van der Waals surface area contributed by atoms with Gasteiger partial charge in [-0.3, -0.25) is 4.39 Å². The highest BCUT2D eigenvalue weighted by Gasteiger charge is 2.58. The first-order valence-corrected chi connectivity index (χ1v) is 14.6. The molecule has 0 aromatic heterocycles. The molecule has 0 N–H and O–H groups in total. The number of hydrogen-bond acceptors (Lipinski definition) is 1. The minimum Gasteiger partial charge on any atom is -0.484 e. The second-order valence-electron chi connectivity index (χ2n) is 9.44. The minimum absolute atomic E-state index is 0.204. The molecule has 1 nitrogen and oxygen atoms in total. The summed E-state index contributed by atoms with van der Waals surface area (Å²) in [6, 6.07) is 15.2. The van der Waals surface area contributed by atoms with Gasteiger partial charge in [-0.2, -0.15) is 22.0 Å². The molecule has 1 heterocycles. The maximum atomic E-state index is 14.3. The zero-order chi connectivity index (χ0) is 25.5. The van der Waals surface area contributed by atoms with Crippen molar-refractivity contribution in [2.24, 2.45) is 5.92 Å². The van der Waals surface area contributed by atoms with E-state index < -0.39 is 39.1 Å². The molecule has 194 valence electrons. The Kier molecular flexibility index (Phi) is 9.67. The van der Waals surface area contributed by atoms with Gasteiger partial charge in [-0.05, 0) is 54.0 Å². The fourth-order valence-electron chi connectivity index (χ4n) is 4.62. The molecule has 2 aromatic carbocycles. The second-order valence-corrected chi connectivity index (χ2v) is 12.9. The van der Waals surface area contributed by atoms with Crippen LogP contribution in [0.3, 0.4) is 0 Å². The van der Waals surface area contributed by atoms with Crippen molar-refractivity contribution in [1.29, 1.82) is 0 Å². The van der Waals surface area contributed by atoms with E-state index in [0.29, 0.717) is 17.5 Å². The van der Waals surface area contributed by atoms with Gasteiger partial charge in [0.2, 0.25) is 0 Å². The van der Waals surface area contributed by atoms with Crippen molar-refractivity contribution in [3.63, 3.8) is 0 Å². The molecule has 0 bridgehead atoms. The summed E-state index contributed by atoms with van der Waals surface area (Å²) in [7, 11) is -0.659. The van der Waals surface area contributed by atoms with Crippen molar-refractivity contribution >= 4 is 8.80 Å². The summed E-state index contributed by atoms with van der Waals surface area (Å²) in [6.07, 6.45) is 0.595. The monoisotopic (exact) mass is 520 g/mol. The van der Waals surface area contributed by atoms with E-state index in [1.165, 1.54) is 42.6 Å². The lowest BCUT2D eigenvalue weighted by Crippen LogP contribution is -2.41. The number of halogens is 7. The first-order valence-electron chi connectivity index (χ1n) is 12.1. The summed E-state index contributed by atoms with van der Waals surface area (Å²) in [5.41, 5.74) is 2.35. The Morgan fingerprint density at radius 1 is 0.886 bits per heavy atom. The van der Waals surface area contributed by atoms with Gasteiger partial charge in [0.15, 0.2) is 18.2 Å². The van der Waals surface area contributed by atoms with Crippen LogP contribution in [0.4, 0.5) is 30.7 Å². The number of aryl methyl sites for hydroxylation is 1. The molecule has 0 aliphatic carbocycles. The summed E-state index contributed by atoms with van der Waals surface area (Å²) < 4.78 is 93.7. The molecule has 2 aromatic rings. The summed E-state index contributed by atoms with van der Waals surface area (Å²) >= 11 is 0. The van der Waals surface area contributed by atoms with Crippen LogP contribution >= 0.6 is 0 Å². The molecule has 3 rings (SSSR count). The standard InChI is InChI=1S/C26H31F7OSi/c27-13-1-2-14-35-15-11-20(12-16-35)4-3-19-5-7-21(8-6-19)22-9-10-24(23(28)17-22)34-18-25(29,30)26(31,32)33/h5-10,17,20,35H,1-4,11-16,18H2/t20-,35-. The van der Waals surface area contributed by atoms with Crippen LogP contribution in [0.15, 0.2) is 42.5 Å². The van der Waals surface area contributed by atoms with Crippen LogP contribution in [-0.4, -0.2) is 34.2 Å². The normalized spacial score (nSPS) is 19.1. The molecule has 0 atom stereocenters. The molecule has 0 spiro atoms. The Balaban J connectivity index is 1.48. The maximum absolute atomic E-state index is 14.3. The summed E-state index contributed by atoms with van der Waals surface area (Å²) in [5.74, 6) is -6.00. The largest absolute Gasteiger partial charge is 0.484 e. The van der Waals surface area contributed by atoms with Gasteiger partial charge in [0.25, 0.3) is 0 Å². The quantitative estimate of drug-likeness (QED) is 0.164. The zero-order valence-corrected chi connectivity index (χ0v) is 20.7. The zero-order valence-electron chi connectivity index (χ0n) is 19.5. The molecule has 9 heteroatoms. The highest BCUT2D eigenvalue weighted by molar-refractivity contribution is 6.58. The fourth-order valence-corrected chi connectivity index (χ4v) is 8.24. The van der Waals surface area contributed by atoms with E-state index in [4.69, 9.17) is 0 Å².